The van der Waals surface area contributed by atoms with Crippen molar-refractivity contribution >= 4 is 5.97 Å². The highest BCUT2D eigenvalue weighted by atomic mass is 16.6. The molecule has 0 radical (unpaired) electrons. The van der Waals surface area contributed by atoms with Crippen LogP contribution in [0.3, 0.4) is 0 Å². The summed E-state index contributed by atoms with van der Waals surface area (Å²) >= 11 is 0. The minimum absolute atomic E-state index is 0.00610. The Hall–Kier alpha value is -3.11. The van der Waals surface area contributed by atoms with Gasteiger partial charge in [0.05, 0.1) is 11.7 Å². The third-order valence-electron chi connectivity index (χ3n) is 3.99. The van der Waals surface area contributed by atoms with E-state index in [0.29, 0.717) is 22.9 Å². The predicted octanol–water partition coefficient (Wildman–Crippen LogP) is 3.24. The Morgan fingerprint density at radius 2 is 2.07 bits per heavy atom. The van der Waals surface area contributed by atoms with E-state index in [0.717, 1.165) is 19.4 Å². The van der Waals surface area contributed by atoms with Crippen molar-refractivity contribution in [2.24, 2.45) is 0 Å². The van der Waals surface area contributed by atoms with E-state index >= 15 is 0 Å². The normalized spacial score (nSPS) is 17.0. The zero-order valence-electron chi connectivity index (χ0n) is 15.0. The van der Waals surface area contributed by atoms with Crippen LogP contribution in [0.25, 0.3) is 0 Å². The van der Waals surface area contributed by atoms with Crippen LogP contribution in [-0.4, -0.2) is 36.4 Å². The summed E-state index contributed by atoms with van der Waals surface area (Å²) in [6.45, 7) is 2.63. The third kappa shape index (κ3) is 5.43. The van der Waals surface area contributed by atoms with E-state index in [2.05, 4.69) is 4.98 Å². The average molecular weight is 368 g/mol. The van der Waals surface area contributed by atoms with Crippen LogP contribution < -0.4 is 9.47 Å². The fourth-order valence-corrected chi connectivity index (χ4v) is 2.53. The molecule has 0 bridgehead atoms. The van der Waals surface area contributed by atoms with Crippen LogP contribution in [0, 0.1) is 11.3 Å². The Balaban J connectivity index is 1.48. The van der Waals surface area contributed by atoms with Crippen molar-refractivity contribution in [2.45, 2.75) is 32.0 Å². The number of carbonyl (C=O) groups is 1. The molecule has 1 aliphatic heterocycles. The van der Waals surface area contributed by atoms with Crippen LogP contribution in [0.5, 0.6) is 17.4 Å². The van der Waals surface area contributed by atoms with Crippen LogP contribution in [0.4, 0.5) is 0 Å². The van der Waals surface area contributed by atoms with E-state index in [1.54, 1.807) is 43.3 Å². The number of benzene rings is 1. The maximum absolute atomic E-state index is 12.0. The summed E-state index contributed by atoms with van der Waals surface area (Å²) < 4.78 is 21.9. The lowest BCUT2D eigenvalue weighted by Gasteiger charge is -2.16. The molecule has 0 spiro atoms. The third-order valence-corrected chi connectivity index (χ3v) is 3.99. The zero-order valence-corrected chi connectivity index (χ0v) is 15.0. The highest BCUT2D eigenvalue weighted by molar-refractivity contribution is 5.74. The van der Waals surface area contributed by atoms with E-state index in [1.165, 1.54) is 6.20 Å². The molecular formula is C20H20N2O5. The van der Waals surface area contributed by atoms with Gasteiger partial charge in [0.2, 0.25) is 5.88 Å². The second-order valence-corrected chi connectivity index (χ2v) is 6.10. The second kappa shape index (κ2) is 9.01. The molecule has 2 unspecified atom stereocenters. The number of ether oxygens (including phenoxy) is 4. The van der Waals surface area contributed by atoms with Gasteiger partial charge in [-0.15, -0.1) is 0 Å². The van der Waals surface area contributed by atoms with Crippen molar-refractivity contribution in [1.82, 2.24) is 4.98 Å². The number of carbonyl (C=O) groups excluding carboxylic acids is 1. The minimum atomic E-state index is -0.724. The molecule has 0 amide bonds. The molecule has 1 saturated heterocycles. The van der Waals surface area contributed by atoms with Gasteiger partial charge >= 0.3 is 5.97 Å². The first-order valence-corrected chi connectivity index (χ1v) is 8.73. The average Bonchev–Trinajstić information content (AvgIpc) is 3.22. The Bertz CT molecular complexity index is 793. The summed E-state index contributed by atoms with van der Waals surface area (Å²) in [6.07, 6.45) is 2.63. The van der Waals surface area contributed by atoms with E-state index in [4.69, 9.17) is 24.2 Å². The highest BCUT2D eigenvalue weighted by Crippen LogP contribution is 2.23. The largest absolute Gasteiger partial charge is 0.479 e. The molecule has 2 heterocycles. The monoisotopic (exact) mass is 368 g/mol. The maximum atomic E-state index is 12.0. The minimum Gasteiger partial charge on any atom is -0.479 e. The van der Waals surface area contributed by atoms with Crippen molar-refractivity contribution in [1.29, 1.82) is 5.26 Å². The van der Waals surface area contributed by atoms with Gasteiger partial charge in [0.15, 0.2) is 6.10 Å². The molecule has 7 nitrogen and oxygen atoms in total. The topological polar surface area (TPSA) is 90.7 Å². The smallest absolute Gasteiger partial charge is 0.347 e. The van der Waals surface area contributed by atoms with Gasteiger partial charge in [-0.05, 0) is 50.1 Å². The fourth-order valence-electron chi connectivity index (χ4n) is 2.53. The SMILES string of the molecule is CC(Oc1ccc(Oc2ccc(C#N)cn2)cc1)C(=O)OCC1CCCO1. The molecule has 3 rings (SSSR count). The van der Waals surface area contributed by atoms with E-state index in [9.17, 15) is 4.79 Å². The number of nitrogens with zero attached hydrogens (tertiary/aromatic N) is 2. The van der Waals surface area contributed by atoms with Crippen molar-refractivity contribution in [3.05, 3.63) is 48.2 Å². The van der Waals surface area contributed by atoms with Gasteiger partial charge in [-0.25, -0.2) is 9.78 Å². The number of pyridine rings is 1. The van der Waals surface area contributed by atoms with Crippen LogP contribution in [0.1, 0.15) is 25.3 Å². The molecular weight excluding hydrogens is 348 g/mol. The molecule has 27 heavy (non-hydrogen) atoms. The molecule has 140 valence electrons. The van der Waals surface area contributed by atoms with Gasteiger partial charge in [-0.3, -0.25) is 0 Å². The van der Waals surface area contributed by atoms with Crippen LogP contribution in [-0.2, 0) is 14.3 Å². The van der Waals surface area contributed by atoms with Gasteiger partial charge < -0.3 is 18.9 Å². The fraction of sp³-hybridized carbons (Fsp3) is 0.350. The van der Waals surface area contributed by atoms with E-state index < -0.39 is 12.1 Å². The van der Waals surface area contributed by atoms with Gasteiger partial charge in [-0.2, -0.15) is 5.26 Å². The Morgan fingerprint density at radius 1 is 1.30 bits per heavy atom. The first-order chi connectivity index (χ1) is 13.1. The predicted molar refractivity (Wildman–Crippen MR) is 95.5 cm³/mol. The molecule has 2 aromatic rings. The number of nitriles is 1. The summed E-state index contributed by atoms with van der Waals surface area (Å²) in [5.74, 6) is 1.05. The van der Waals surface area contributed by atoms with Gasteiger partial charge in [-0.1, -0.05) is 0 Å². The summed E-state index contributed by atoms with van der Waals surface area (Å²) in [6, 6.07) is 12.1. The molecule has 0 aliphatic carbocycles. The quantitative estimate of drug-likeness (QED) is 0.693. The van der Waals surface area contributed by atoms with Crippen molar-refractivity contribution in [3.8, 4) is 23.4 Å². The first kappa shape index (κ1) is 18.7. The second-order valence-electron chi connectivity index (χ2n) is 6.10. The lowest BCUT2D eigenvalue weighted by molar-refractivity contribution is -0.154. The summed E-state index contributed by atoms with van der Waals surface area (Å²) in [4.78, 5) is 16.1. The molecule has 1 aromatic heterocycles. The van der Waals surface area contributed by atoms with Gasteiger partial charge in [0.25, 0.3) is 0 Å². The number of hydrogen-bond donors (Lipinski definition) is 0. The first-order valence-electron chi connectivity index (χ1n) is 8.73. The molecule has 2 atom stereocenters. The lowest BCUT2D eigenvalue weighted by Crippen LogP contribution is -2.29. The van der Waals surface area contributed by atoms with Crippen molar-refractivity contribution < 1.29 is 23.7 Å². The molecule has 7 heteroatoms. The van der Waals surface area contributed by atoms with Gasteiger partial charge in [0.1, 0.15) is 24.2 Å². The zero-order chi connectivity index (χ0) is 19.1. The molecule has 1 aliphatic rings. The van der Waals surface area contributed by atoms with E-state index in [1.807, 2.05) is 6.07 Å². The van der Waals surface area contributed by atoms with Gasteiger partial charge in [0, 0.05) is 18.9 Å². The van der Waals surface area contributed by atoms with E-state index in [-0.39, 0.29) is 12.7 Å². The van der Waals surface area contributed by atoms with Crippen LogP contribution >= 0.6 is 0 Å². The standard InChI is InChI=1S/C20H20N2O5/c1-14(20(23)25-13-18-3-2-10-24-18)26-16-5-7-17(8-6-16)27-19-9-4-15(11-21)12-22-19/h4-9,12,14,18H,2-3,10,13H2,1H3. The maximum Gasteiger partial charge on any atom is 0.347 e. The van der Waals surface area contributed by atoms with Crippen LogP contribution in [0.15, 0.2) is 42.6 Å². The molecule has 1 fully saturated rings. The summed E-state index contributed by atoms with van der Waals surface area (Å²) in [5.41, 5.74) is 0.464. The summed E-state index contributed by atoms with van der Waals surface area (Å²) in [7, 11) is 0. The lowest BCUT2D eigenvalue weighted by atomic mass is 10.2. The van der Waals surface area contributed by atoms with Crippen molar-refractivity contribution in [3.63, 3.8) is 0 Å². The highest BCUT2D eigenvalue weighted by Gasteiger charge is 2.21. The Labute approximate surface area is 157 Å². The molecule has 0 saturated carbocycles. The van der Waals surface area contributed by atoms with Crippen molar-refractivity contribution in [2.75, 3.05) is 13.2 Å². The Kier molecular flexibility index (Phi) is 6.23. The summed E-state index contributed by atoms with van der Waals surface area (Å²) in [5, 5.41) is 8.76. The number of aromatic nitrogens is 1. The number of hydrogen-bond acceptors (Lipinski definition) is 7. The Morgan fingerprint density at radius 3 is 2.70 bits per heavy atom. The number of esters is 1. The van der Waals surface area contributed by atoms with Crippen LogP contribution in [0.2, 0.25) is 0 Å². The molecule has 0 N–H and O–H groups in total. The number of rotatable bonds is 7. The molecule has 1 aromatic carbocycles.